The fourth-order valence-corrected chi connectivity index (χ4v) is 4.83. The fourth-order valence-electron chi connectivity index (χ4n) is 2.89. The SMILES string of the molecule is Cc1cc(C)c(S(=O)(=O)N2CCC(C(N)=O)C2)c(C)c1N. The van der Waals surface area contributed by atoms with E-state index in [9.17, 15) is 13.2 Å². The summed E-state index contributed by atoms with van der Waals surface area (Å²) in [4.78, 5) is 11.5. The van der Waals surface area contributed by atoms with Crippen LogP contribution in [0.15, 0.2) is 11.0 Å². The number of carbonyl (C=O) groups excluding carboxylic acids is 1. The van der Waals surface area contributed by atoms with Gasteiger partial charge in [0, 0.05) is 18.8 Å². The molecule has 2 rings (SSSR count). The zero-order valence-electron chi connectivity index (χ0n) is 12.5. The molecule has 1 fully saturated rings. The molecule has 0 aromatic heterocycles. The predicted molar refractivity (Wildman–Crippen MR) is 81.1 cm³/mol. The number of sulfonamides is 1. The first kappa shape index (κ1) is 15.8. The van der Waals surface area contributed by atoms with Gasteiger partial charge in [-0.05, 0) is 43.9 Å². The highest BCUT2D eigenvalue weighted by molar-refractivity contribution is 7.89. The maximum Gasteiger partial charge on any atom is 0.243 e. The van der Waals surface area contributed by atoms with E-state index in [1.165, 1.54) is 4.31 Å². The number of benzene rings is 1. The summed E-state index contributed by atoms with van der Waals surface area (Å²) >= 11 is 0. The number of hydrogen-bond donors (Lipinski definition) is 2. The van der Waals surface area contributed by atoms with Crippen LogP contribution < -0.4 is 11.5 Å². The fraction of sp³-hybridized carbons (Fsp3) is 0.500. The van der Waals surface area contributed by atoms with Gasteiger partial charge in [-0.25, -0.2) is 8.42 Å². The van der Waals surface area contributed by atoms with Gasteiger partial charge in [0.05, 0.1) is 10.8 Å². The minimum atomic E-state index is -3.66. The molecule has 0 aliphatic carbocycles. The number of nitrogen functional groups attached to an aromatic ring is 1. The number of anilines is 1. The molecule has 7 heteroatoms. The molecular formula is C14H21N3O3S. The molecule has 4 N–H and O–H groups in total. The molecule has 0 radical (unpaired) electrons. The standard InChI is InChI=1S/C14H21N3O3S/c1-8-6-9(2)13(10(3)12(8)15)21(19,20)17-5-4-11(7-17)14(16)18/h6,11H,4-5,7,15H2,1-3H3,(H2,16,18). The van der Waals surface area contributed by atoms with Crippen LogP contribution >= 0.6 is 0 Å². The Balaban J connectivity index is 2.47. The Morgan fingerprint density at radius 2 is 1.90 bits per heavy atom. The number of primary amides is 1. The van der Waals surface area contributed by atoms with Crippen LogP contribution in [0.3, 0.4) is 0 Å². The zero-order valence-corrected chi connectivity index (χ0v) is 13.3. The number of rotatable bonds is 3. The monoisotopic (exact) mass is 311 g/mol. The van der Waals surface area contributed by atoms with E-state index in [0.29, 0.717) is 29.8 Å². The smallest absolute Gasteiger partial charge is 0.243 e. The second-order valence-corrected chi connectivity index (χ2v) is 7.50. The van der Waals surface area contributed by atoms with Crippen LogP contribution in [0.25, 0.3) is 0 Å². The minimum Gasteiger partial charge on any atom is -0.398 e. The second kappa shape index (κ2) is 5.31. The Bertz CT molecular complexity index is 698. The van der Waals surface area contributed by atoms with Gasteiger partial charge in [-0.15, -0.1) is 0 Å². The first-order chi connectivity index (χ1) is 9.66. The van der Waals surface area contributed by atoms with Crippen LogP contribution in [0.2, 0.25) is 0 Å². The van der Waals surface area contributed by atoms with E-state index in [2.05, 4.69) is 0 Å². The van der Waals surface area contributed by atoms with Crippen molar-refractivity contribution in [3.05, 3.63) is 22.8 Å². The van der Waals surface area contributed by atoms with Crippen LogP contribution in [0.4, 0.5) is 5.69 Å². The third-order valence-corrected chi connectivity index (χ3v) is 6.27. The number of nitrogens with zero attached hydrogens (tertiary/aromatic N) is 1. The van der Waals surface area contributed by atoms with E-state index in [0.717, 1.165) is 5.56 Å². The predicted octanol–water partition coefficient (Wildman–Crippen LogP) is 0.690. The Morgan fingerprint density at radius 3 is 2.43 bits per heavy atom. The van der Waals surface area contributed by atoms with Gasteiger partial charge in [0.25, 0.3) is 0 Å². The summed E-state index contributed by atoms with van der Waals surface area (Å²) in [5, 5.41) is 0. The van der Waals surface area contributed by atoms with E-state index in [-0.39, 0.29) is 11.4 Å². The molecule has 0 saturated carbocycles. The normalized spacial score (nSPS) is 19.9. The summed E-state index contributed by atoms with van der Waals surface area (Å²) < 4.78 is 27.0. The first-order valence-electron chi connectivity index (χ1n) is 6.82. The maximum atomic E-state index is 12.8. The average molecular weight is 311 g/mol. The van der Waals surface area contributed by atoms with E-state index in [1.54, 1.807) is 19.9 Å². The van der Waals surface area contributed by atoms with Gasteiger partial charge in [0.15, 0.2) is 0 Å². The number of hydrogen-bond acceptors (Lipinski definition) is 4. The van der Waals surface area contributed by atoms with Crippen molar-refractivity contribution in [1.29, 1.82) is 0 Å². The molecule has 1 aliphatic heterocycles. The van der Waals surface area contributed by atoms with Gasteiger partial charge in [-0.1, -0.05) is 6.07 Å². The van der Waals surface area contributed by atoms with Crippen molar-refractivity contribution in [1.82, 2.24) is 4.31 Å². The molecule has 116 valence electrons. The molecule has 0 spiro atoms. The Kier molecular flexibility index (Phi) is 3.99. The highest BCUT2D eigenvalue weighted by Crippen LogP contribution is 2.32. The van der Waals surface area contributed by atoms with Gasteiger partial charge >= 0.3 is 0 Å². The molecule has 1 saturated heterocycles. The van der Waals surface area contributed by atoms with Crippen molar-refractivity contribution in [2.45, 2.75) is 32.1 Å². The minimum absolute atomic E-state index is 0.143. The van der Waals surface area contributed by atoms with Crippen molar-refractivity contribution < 1.29 is 13.2 Å². The van der Waals surface area contributed by atoms with Crippen LogP contribution in [0, 0.1) is 26.7 Å². The van der Waals surface area contributed by atoms with Crippen molar-refractivity contribution in [2.24, 2.45) is 11.7 Å². The second-order valence-electron chi connectivity index (χ2n) is 5.63. The van der Waals surface area contributed by atoms with E-state index in [4.69, 9.17) is 11.5 Å². The first-order valence-corrected chi connectivity index (χ1v) is 8.26. The average Bonchev–Trinajstić information content (AvgIpc) is 2.86. The molecular weight excluding hydrogens is 290 g/mol. The van der Waals surface area contributed by atoms with Crippen LogP contribution in [0.5, 0.6) is 0 Å². The lowest BCUT2D eigenvalue weighted by atomic mass is 10.1. The van der Waals surface area contributed by atoms with Crippen LogP contribution in [-0.2, 0) is 14.8 Å². The summed E-state index contributed by atoms with van der Waals surface area (Å²) in [5.41, 5.74) is 13.8. The highest BCUT2D eigenvalue weighted by atomic mass is 32.2. The summed E-state index contributed by atoms with van der Waals surface area (Å²) in [5.74, 6) is -0.868. The van der Waals surface area contributed by atoms with Gasteiger partial charge < -0.3 is 11.5 Å². The molecule has 1 heterocycles. The summed E-state index contributed by atoms with van der Waals surface area (Å²) in [6.07, 6.45) is 0.466. The summed E-state index contributed by atoms with van der Waals surface area (Å²) in [6.45, 7) is 5.77. The quantitative estimate of drug-likeness (QED) is 0.801. The van der Waals surface area contributed by atoms with Crippen molar-refractivity contribution in [2.75, 3.05) is 18.8 Å². The highest BCUT2D eigenvalue weighted by Gasteiger charge is 2.36. The van der Waals surface area contributed by atoms with E-state index in [1.807, 2.05) is 6.92 Å². The summed E-state index contributed by atoms with van der Waals surface area (Å²) in [6, 6.07) is 1.77. The molecule has 6 nitrogen and oxygen atoms in total. The number of amides is 1. The summed E-state index contributed by atoms with van der Waals surface area (Å²) in [7, 11) is -3.66. The number of carbonyl (C=O) groups is 1. The number of nitrogens with two attached hydrogens (primary N) is 2. The molecule has 21 heavy (non-hydrogen) atoms. The molecule has 1 amide bonds. The van der Waals surface area contributed by atoms with Crippen molar-refractivity contribution in [3.63, 3.8) is 0 Å². The molecule has 1 aliphatic rings. The zero-order chi connectivity index (χ0) is 15.9. The maximum absolute atomic E-state index is 12.8. The van der Waals surface area contributed by atoms with Crippen LogP contribution in [-0.4, -0.2) is 31.7 Å². The molecule has 0 bridgehead atoms. The number of aryl methyl sites for hydroxylation is 2. The van der Waals surface area contributed by atoms with Gasteiger partial charge in [-0.3, -0.25) is 4.79 Å². The van der Waals surface area contributed by atoms with Gasteiger partial charge in [0.2, 0.25) is 15.9 Å². The van der Waals surface area contributed by atoms with Crippen molar-refractivity contribution >= 4 is 21.6 Å². The molecule has 1 aromatic carbocycles. The van der Waals surface area contributed by atoms with Gasteiger partial charge in [0.1, 0.15) is 0 Å². The largest absolute Gasteiger partial charge is 0.398 e. The Morgan fingerprint density at radius 1 is 1.29 bits per heavy atom. The lowest BCUT2D eigenvalue weighted by molar-refractivity contribution is -0.121. The third-order valence-electron chi connectivity index (χ3n) is 4.11. The van der Waals surface area contributed by atoms with Crippen LogP contribution in [0.1, 0.15) is 23.1 Å². The molecule has 1 atom stereocenters. The lowest BCUT2D eigenvalue weighted by Crippen LogP contribution is -2.32. The Labute approximate surface area is 125 Å². The topological polar surface area (TPSA) is 106 Å². The van der Waals surface area contributed by atoms with Gasteiger partial charge in [-0.2, -0.15) is 4.31 Å². The third kappa shape index (κ3) is 2.63. The molecule has 1 unspecified atom stereocenters. The van der Waals surface area contributed by atoms with E-state index < -0.39 is 21.8 Å². The Hall–Kier alpha value is -1.60. The van der Waals surface area contributed by atoms with E-state index >= 15 is 0 Å². The lowest BCUT2D eigenvalue weighted by Gasteiger charge is -2.21. The van der Waals surface area contributed by atoms with Crippen molar-refractivity contribution in [3.8, 4) is 0 Å². The molecule has 1 aromatic rings.